The third-order valence-electron chi connectivity index (χ3n) is 3.34. The van der Waals surface area contributed by atoms with Crippen molar-refractivity contribution >= 4 is 0 Å². The Bertz CT molecular complexity index is 375. The van der Waals surface area contributed by atoms with E-state index in [-0.39, 0.29) is 0 Å². The molecular formula is C16H26O3. The molecular weight excluding hydrogens is 240 g/mol. The minimum Gasteiger partial charge on any atom is -0.493 e. The van der Waals surface area contributed by atoms with E-state index >= 15 is 0 Å². The molecule has 0 unspecified atom stereocenters. The van der Waals surface area contributed by atoms with Gasteiger partial charge in [0.25, 0.3) is 0 Å². The van der Waals surface area contributed by atoms with E-state index in [4.69, 9.17) is 14.2 Å². The third-order valence-corrected chi connectivity index (χ3v) is 3.34. The highest BCUT2D eigenvalue weighted by molar-refractivity contribution is 5.55. The van der Waals surface area contributed by atoms with Crippen LogP contribution in [-0.2, 0) is 6.42 Å². The normalized spacial score (nSPS) is 10.3. The highest BCUT2D eigenvalue weighted by atomic mass is 16.5. The Hall–Kier alpha value is -1.38. The van der Waals surface area contributed by atoms with Gasteiger partial charge in [-0.1, -0.05) is 38.7 Å². The summed E-state index contributed by atoms with van der Waals surface area (Å²) >= 11 is 0. The summed E-state index contributed by atoms with van der Waals surface area (Å²) < 4.78 is 16.2. The Balaban J connectivity index is 2.72. The van der Waals surface area contributed by atoms with Crippen molar-refractivity contribution in [2.24, 2.45) is 0 Å². The molecule has 0 saturated heterocycles. The van der Waals surface area contributed by atoms with Gasteiger partial charge < -0.3 is 14.2 Å². The highest BCUT2D eigenvalue weighted by Gasteiger charge is 2.15. The molecule has 0 aliphatic heterocycles. The summed E-state index contributed by atoms with van der Waals surface area (Å²) in [5.41, 5.74) is 1.19. The van der Waals surface area contributed by atoms with Crippen LogP contribution >= 0.6 is 0 Å². The summed E-state index contributed by atoms with van der Waals surface area (Å²) in [4.78, 5) is 0. The summed E-state index contributed by atoms with van der Waals surface area (Å²) in [5.74, 6) is 2.21. The lowest BCUT2D eigenvalue weighted by Crippen LogP contribution is -1.99. The molecule has 0 spiro atoms. The van der Waals surface area contributed by atoms with Gasteiger partial charge in [0.1, 0.15) is 0 Å². The molecule has 0 heterocycles. The molecule has 0 saturated carbocycles. The summed E-state index contributed by atoms with van der Waals surface area (Å²) in [7, 11) is 4.96. The van der Waals surface area contributed by atoms with Crippen LogP contribution in [0.2, 0.25) is 0 Å². The van der Waals surface area contributed by atoms with E-state index in [9.17, 15) is 0 Å². The molecule has 0 N–H and O–H groups in total. The van der Waals surface area contributed by atoms with Crippen LogP contribution in [0.25, 0.3) is 0 Å². The molecule has 0 aliphatic carbocycles. The van der Waals surface area contributed by atoms with Gasteiger partial charge >= 0.3 is 0 Å². The van der Waals surface area contributed by atoms with Crippen molar-refractivity contribution in [3.05, 3.63) is 17.7 Å². The van der Waals surface area contributed by atoms with E-state index in [1.54, 1.807) is 21.3 Å². The number of benzene rings is 1. The maximum Gasteiger partial charge on any atom is 0.203 e. The molecule has 3 heteroatoms. The van der Waals surface area contributed by atoms with Crippen LogP contribution in [0, 0.1) is 0 Å². The van der Waals surface area contributed by atoms with Crippen LogP contribution in [0.3, 0.4) is 0 Å². The quantitative estimate of drug-likeness (QED) is 0.626. The lowest BCUT2D eigenvalue weighted by atomic mass is 10.0. The van der Waals surface area contributed by atoms with Crippen molar-refractivity contribution in [1.29, 1.82) is 0 Å². The lowest BCUT2D eigenvalue weighted by molar-refractivity contribution is 0.322. The average Bonchev–Trinajstić information content (AvgIpc) is 2.45. The number of hydrogen-bond donors (Lipinski definition) is 0. The SMILES string of the molecule is CCCCCCCc1ccc(OC)c(OC)c1OC. The molecule has 108 valence electrons. The van der Waals surface area contributed by atoms with Crippen LogP contribution in [0.15, 0.2) is 12.1 Å². The van der Waals surface area contributed by atoms with Gasteiger partial charge in [-0.2, -0.15) is 0 Å². The Morgan fingerprint density at radius 2 is 1.47 bits per heavy atom. The largest absolute Gasteiger partial charge is 0.493 e. The summed E-state index contributed by atoms with van der Waals surface area (Å²) in [6.45, 7) is 2.23. The van der Waals surface area contributed by atoms with Crippen LogP contribution in [0.4, 0.5) is 0 Å². The van der Waals surface area contributed by atoms with Crippen LogP contribution in [0.1, 0.15) is 44.6 Å². The summed E-state index contributed by atoms with van der Waals surface area (Å²) in [5, 5.41) is 0. The Morgan fingerprint density at radius 3 is 2.05 bits per heavy atom. The highest BCUT2D eigenvalue weighted by Crippen LogP contribution is 2.40. The first kappa shape index (κ1) is 15.7. The minimum absolute atomic E-state index is 0.691. The van der Waals surface area contributed by atoms with Crippen molar-refractivity contribution in [2.45, 2.75) is 45.4 Å². The van der Waals surface area contributed by atoms with E-state index in [0.29, 0.717) is 11.5 Å². The molecule has 0 fully saturated rings. The lowest BCUT2D eigenvalue weighted by Gasteiger charge is -2.15. The second-order valence-corrected chi connectivity index (χ2v) is 4.66. The van der Waals surface area contributed by atoms with Crippen molar-refractivity contribution in [1.82, 2.24) is 0 Å². The maximum absolute atomic E-state index is 5.48. The Labute approximate surface area is 116 Å². The van der Waals surface area contributed by atoms with E-state index in [1.807, 2.05) is 6.07 Å². The van der Waals surface area contributed by atoms with Crippen LogP contribution in [0.5, 0.6) is 17.2 Å². The zero-order valence-electron chi connectivity index (χ0n) is 12.6. The van der Waals surface area contributed by atoms with Crippen molar-refractivity contribution in [3.63, 3.8) is 0 Å². The first-order valence-corrected chi connectivity index (χ1v) is 7.06. The monoisotopic (exact) mass is 266 g/mol. The first-order chi connectivity index (χ1) is 9.28. The number of unbranched alkanes of at least 4 members (excludes halogenated alkanes) is 4. The number of methoxy groups -OCH3 is 3. The van der Waals surface area contributed by atoms with Gasteiger partial charge in [0.05, 0.1) is 21.3 Å². The van der Waals surface area contributed by atoms with E-state index < -0.39 is 0 Å². The van der Waals surface area contributed by atoms with Gasteiger partial charge in [-0.05, 0) is 24.5 Å². The minimum atomic E-state index is 0.691. The topological polar surface area (TPSA) is 27.7 Å². The number of hydrogen-bond acceptors (Lipinski definition) is 3. The van der Waals surface area contributed by atoms with Crippen molar-refractivity contribution in [3.8, 4) is 17.2 Å². The fraction of sp³-hybridized carbons (Fsp3) is 0.625. The fourth-order valence-corrected chi connectivity index (χ4v) is 2.28. The molecule has 0 amide bonds. The van der Waals surface area contributed by atoms with Crippen molar-refractivity contribution < 1.29 is 14.2 Å². The van der Waals surface area contributed by atoms with E-state index in [1.165, 1.54) is 37.7 Å². The first-order valence-electron chi connectivity index (χ1n) is 7.06. The third kappa shape index (κ3) is 4.34. The molecule has 1 aromatic rings. The zero-order valence-corrected chi connectivity index (χ0v) is 12.6. The molecule has 1 aromatic carbocycles. The molecule has 0 atom stereocenters. The maximum atomic E-state index is 5.48. The van der Waals surface area contributed by atoms with E-state index in [0.717, 1.165) is 12.2 Å². The van der Waals surface area contributed by atoms with Gasteiger partial charge in [-0.15, -0.1) is 0 Å². The van der Waals surface area contributed by atoms with Crippen LogP contribution < -0.4 is 14.2 Å². The fourth-order valence-electron chi connectivity index (χ4n) is 2.28. The number of rotatable bonds is 9. The number of aryl methyl sites for hydroxylation is 1. The van der Waals surface area contributed by atoms with Crippen molar-refractivity contribution in [2.75, 3.05) is 21.3 Å². The predicted octanol–water partition coefficient (Wildman–Crippen LogP) is 4.23. The smallest absolute Gasteiger partial charge is 0.203 e. The molecule has 0 radical (unpaired) electrons. The van der Waals surface area contributed by atoms with E-state index in [2.05, 4.69) is 13.0 Å². The molecule has 1 rings (SSSR count). The summed E-state index contributed by atoms with van der Waals surface area (Å²) in [6.07, 6.45) is 7.39. The number of ether oxygens (including phenoxy) is 3. The average molecular weight is 266 g/mol. The second-order valence-electron chi connectivity index (χ2n) is 4.66. The zero-order chi connectivity index (χ0) is 14.1. The Morgan fingerprint density at radius 1 is 0.789 bits per heavy atom. The summed E-state index contributed by atoms with van der Waals surface area (Å²) in [6, 6.07) is 4.02. The molecule has 0 aromatic heterocycles. The molecule has 19 heavy (non-hydrogen) atoms. The van der Waals surface area contributed by atoms with Gasteiger partial charge in [-0.25, -0.2) is 0 Å². The van der Waals surface area contributed by atoms with Gasteiger partial charge in [-0.3, -0.25) is 0 Å². The van der Waals surface area contributed by atoms with Crippen LogP contribution in [-0.4, -0.2) is 21.3 Å². The van der Waals surface area contributed by atoms with Gasteiger partial charge in [0, 0.05) is 0 Å². The van der Waals surface area contributed by atoms with Gasteiger partial charge in [0.15, 0.2) is 11.5 Å². The standard InChI is InChI=1S/C16H26O3/c1-5-6-7-8-9-10-13-11-12-14(17-2)16(19-4)15(13)18-3/h11-12H,5-10H2,1-4H3. The molecule has 0 aliphatic rings. The second kappa shape index (κ2) is 8.68. The van der Waals surface area contributed by atoms with Gasteiger partial charge in [0.2, 0.25) is 5.75 Å². The molecule has 3 nitrogen and oxygen atoms in total. The molecule has 0 bridgehead atoms. The Kier molecular flexibility index (Phi) is 7.16. The predicted molar refractivity (Wildman–Crippen MR) is 78.6 cm³/mol.